The van der Waals surface area contributed by atoms with E-state index in [1.807, 2.05) is 0 Å². The molecule has 0 spiro atoms. The van der Waals surface area contributed by atoms with Crippen molar-refractivity contribution in [3.8, 4) is 0 Å². The van der Waals surface area contributed by atoms with E-state index in [9.17, 15) is 4.79 Å². The number of rotatable bonds is 1. The van der Waals surface area contributed by atoms with Crippen LogP contribution in [-0.2, 0) is 4.79 Å². The lowest BCUT2D eigenvalue weighted by Crippen LogP contribution is -2.39. The highest BCUT2D eigenvalue weighted by Gasteiger charge is 2.32. The van der Waals surface area contributed by atoms with Crippen molar-refractivity contribution >= 4 is 17.7 Å². The third-order valence-corrected chi connectivity index (χ3v) is 4.46. The quantitative estimate of drug-likeness (QED) is 0.744. The summed E-state index contributed by atoms with van der Waals surface area (Å²) in [7, 11) is 0. The number of hydrogen-bond acceptors (Lipinski definition) is 3. The van der Waals surface area contributed by atoms with Crippen molar-refractivity contribution in [2.45, 2.75) is 51.3 Å². The molecule has 1 rings (SSSR count). The van der Waals surface area contributed by atoms with Crippen LogP contribution in [0.3, 0.4) is 0 Å². The Morgan fingerprint density at radius 2 is 2.00 bits per heavy atom. The van der Waals surface area contributed by atoms with Crippen LogP contribution < -0.4 is 5.32 Å². The van der Waals surface area contributed by atoms with Gasteiger partial charge >= 0.3 is 5.97 Å². The minimum Gasteiger partial charge on any atom is -0.480 e. The number of carboxylic acid groups (broad SMARTS) is 1. The summed E-state index contributed by atoms with van der Waals surface area (Å²) in [6, 6.07) is -0.404. The topological polar surface area (TPSA) is 49.3 Å². The highest BCUT2D eigenvalue weighted by atomic mass is 32.2. The Morgan fingerprint density at radius 1 is 1.38 bits per heavy atom. The van der Waals surface area contributed by atoms with E-state index in [-0.39, 0.29) is 10.2 Å². The van der Waals surface area contributed by atoms with Gasteiger partial charge in [-0.3, -0.25) is 4.79 Å². The molecule has 0 bridgehead atoms. The summed E-state index contributed by atoms with van der Waals surface area (Å²) in [5.41, 5.74) is 0.275. The van der Waals surface area contributed by atoms with E-state index < -0.39 is 12.0 Å². The fourth-order valence-electron chi connectivity index (χ4n) is 2.40. The van der Waals surface area contributed by atoms with Crippen molar-refractivity contribution in [3.63, 3.8) is 0 Å². The normalized spacial score (nSPS) is 29.9. The molecule has 1 atom stereocenters. The molecule has 1 unspecified atom stereocenters. The Labute approximate surface area is 102 Å². The van der Waals surface area contributed by atoms with Gasteiger partial charge in [-0.25, -0.2) is 0 Å². The van der Waals surface area contributed by atoms with Crippen LogP contribution in [0.1, 0.15) is 40.5 Å². The number of hydrogen-bond donors (Lipinski definition) is 2. The van der Waals surface area contributed by atoms with E-state index in [2.05, 4.69) is 33.0 Å². The van der Waals surface area contributed by atoms with Crippen LogP contribution in [0.15, 0.2) is 0 Å². The van der Waals surface area contributed by atoms with E-state index in [0.29, 0.717) is 5.75 Å². The predicted molar refractivity (Wildman–Crippen MR) is 69.0 cm³/mol. The SMILES string of the molecule is CC1(C)CCNC(C(=O)O)CSC(C)(C)C1. The molecule has 4 heteroatoms. The molecule has 1 aliphatic heterocycles. The largest absolute Gasteiger partial charge is 0.480 e. The highest BCUT2D eigenvalue weighted by Crippen LogP contribution is 2.39. The zero-order valence-electron chi connectivity index (χ0n) is 10.7. The molecule has 94 valence electrons. The lowest BCUT2D eigenvalue weighted by molar-refractivity contribution is -0.138. The molecular weight excluding hydrogens is 222 g/mol. The summed E-state index contributed by atoms with van der Waals surface area (Å²) < 4.78 is 0.156. The van der Waals surface area contributed by atoms with E-state index in [1.165, 1.54) is 0 Å². The summed E-state index contributed by atoms with van der Waals surface area (Å²) >= 11 is 1.76. The van der Waals surface area contributed by atoms with Gasteiger partial charge in [0.15, 0.2) is 0 Å². The first kappa shape index (κ1) is 13.8. The van der Waals surface area contributed by atoms with Crippen LogP contribution in [0.4, 0.5) is 0 Å². The van der Waals surface area contributed by atoms with E-state index in [4.69, 9.17) is 5.11 Å². The number of thioether (sulfide) groups is 1. The van der Waals surface area contributed by atoms with Crippen molar-refractivity contribution in [2.24, 2.45) is 5.41 Å². The highest BCUT2D eigenvalue weighted by molar-refractivity contribution is 8.00. The Balaban J connectivity index is 2.73. The molecule has 16 heavy (non-hydrogen) atoms. The van der Waals surface area contributed by atoms with Crippen LogP contribution in [0.5, 0.6) is 0 Å². The van der Waals surface area contributed by atoms with E-state index >= 15 is 0 Å². The first-order valence-electron chi connectivity index (χ1n) is 5.82. The predicted octanol–water partition coefficient (Wildman–Crippen LogP) is 2.36. The van der Waals surface area contributed by atoms with Gasteiger partial charge in [-0.1, -0.05) is 27.7 Å². The van der Waals surface area contributed by atoms with Crippen molar-refractivity contribution in [1.82, 2.24) is 5.32 Å². The Morgan fingerprint density at radius 3 is 2.56 bits per heavy atom. The van der Waals surface area contributed by atoms with Gasteiger partial charge in [0.1, 0.15) is 6.04 Å². The minimum atomic E-state index is -0.733. The average Bonchev–Trinajstić information content (AvgIpc) is 2.11. The van der Waals surface area contributed by atoms with Gasteiger partial charge in [-0.2, -0.15) is 11.8 Å². The second kappa shape index (κ2) is 4.96. The van der Waals surface area contributed by atoms with Crippen LogP contribution >= 0.6 is 11.8 Å². The minimum absolute atomic E-state index is 0.156. The molecular formula is C12H23NO2S. The Bertz CT molecular complexity index is 264. The monoisotopic (exact) mass is 245 g/mol. The summed E-state index contributed by atoms with van der Waals surface area (Å²) in [6.07, 6.45) is 2.15. The fourth-order valence-corrected chi connectivity index (χ4v) is 3.77. The van der Waals surface area contributed by atoms with Gasteiger partial charge in [0.2, 0.25) is 0 Å². The zero-order chi connectivity index (χ0) is 12.4. The van der Waals surface area contributed by atoms with Gasteiger partial charge in [0.05, 0.1) is 0 Å². The van der Waals surface area contributed by atoms with Gasteiger partial charge in [-0.05, 0) is 24.8 Å². The first-order valence-corrected chi connectivity index (χ1v) is 6.81. The van der Waals surface area contributed by atoms with Crippen molar-refractivity contribution in [2.75, 3.05) is 12.3 Å². The van der Waals surface area contributed by atoms with Gasteiger partial charge in [0.25, 0.3) is 0 Å². The number of carboxylic acids is 1. The summed E-state index contributed by atoms with van der Waals surface area (Å²) in [5, 5.41) is 12.2. The maximum absolute atomic E-state index is 11.0. The standard InChI is InChI=1S/C12H23NO2S/c1-11(2)5-6-13-9(10(14)15)7-16-12(3,4)8-11/h9,13H,5-8H2,1-4H3,(H,14,15). The van der Waals surface area contributed by atoms with Gasteiger partial charge in [0, 0.05) is 10.5 Å². The molecule has 1 aliphatic rings. The van der Waals surface area contributed by atoms with Crippen LogP contribution in [-0.4, -0.2) is 34.2 Å². The van der Waals surface area contributed by atoms with Crippen LogP contribution in [0.2, 0.25) is 0 Å². The second-order valence-electron chi connectivity index (χ2n) is 6.01. The lowest BCUT2D eigenvalue weighted by Gasteiger charge is -2.33. The molecule has 0 saturated carbocycles. The third kappa shape index (κ3) is 4.34. The number of aliphatic carboxylic acids is 1. The van der Waals surface area contributed by atoms with Crippen molar-refractivity contribution in [3.05, 3.63) is 0 Å². The molecule has 0 aliphatic carbocycles. The zero-order valence-corrected chi connectivity index (χ0v) is 11.5. The smallest absolute Gasteiger partial charge is 0.321 e. The second-order valence-corrected chi connectivity index (χ2v) is 7.73. The molecule has 1 fully saturated rings. The van der Waals surface area contributed by atoms with Crippen LogP contribution in [0.25, 0.3) is 0 Å². The summed E-state index contributed by atoms with van der Waals surface area (Å²) in [4.78, 5) is 11.0. The molecule has 0 aromatic rings. The molecule has 0 radical (unpaired) electrons. The third-order valence-electron chi connectivity index (χ3n) is 3.04. The van der Waals surface area contributed by atoms with Crippen molar-refractivity contribution in [1.29, 1.82) is 0 Å². The maximum atomic E-state index is 11.0. The van der Waals surface area contributed by atoms with Crippen LogP contribution in [0, 0.1) is 5.41 Å². The van der Waals surface area contributed by atoms with Gasteiger partial charge < -0.3 is 10.4 Å². The molecule has 3 nitrogen and oxygen atoms in total. The van der Waals surface area contributed by atoms with Crippen molar-refractivity contribution < 1.29 is 9.90 Å². The number of nitrogens with one attached hydrogen (secondary N) is 1. The van der Waals surface area contributed by atoms with E-state index in [1.54, 1.807) is 11.8 Å². The first-order chi connectivity index (χ1) is 7.22. The maximum Gasteiger partial charge on any atom is 0.321 e. The number of carbonyl (C=O) groups is 1. The average molecular weight is 245 g/mol. The molecule has 0 aromatic heterocycles. The van der Waals surface area contributed by atoms with E-state index in [0.717, 1.165) is 19.4 Å². The molecule has 0 amide bonds. The summed E-state index contributed by atoms with van der Waals surface area (Å²) in [6.45, 7) is 9.74. The lowest BCUT2D eigenvalue weighted by atomic mass is 9.81. The summed E-state index contributed by atoms with van der Waals surface area (Å²) in [5.74, 6) is -0.0821. The molecule has 2 N–H and O–H groups in total. The Kier molecular flexibility index (Phi) is 4.29. The Hall–Kier alpha value is -0.220. The molecule has 1 saturated heterocycles. The fraction of sp³-hybridized carbons (Fsp3) is 0.917. The van der Waals surface area contributed by atoms with Gasteiger partial charge in [-0.15, -0.1) is 0 Å². The molecule has 0 aromatic carbocycles. The molecule has 1 heterocycles.